The van der Waals surface area contributed by atoms with Gasteiger partial charge in [-0.05, 0) is 60.2 Å². The molecule has 0 aliphatic carbocycles. The van der Waals surface area contributed by atoms with Gasteiger partial charge >= 0.3 is 14.2 Å². The van der Waals surface area contributed by atoms with Crippen molar-refractivity contribution in [1.82, 2.24) is 0 Å². The Kier molecular flexibility index (Phi) is 31.0. The van der Waals surface area contributed by atoms with Crippen LogP contribution in [0, 0.1) is 0 Å². The molecule has 0 saturated carbocycles. The monoisotopic (exact) mass is 1080 g/mol. The Labute approximate surface area is 442 Å². The van der Waals surface area contributed by atoms with Gasteiger partial charge in [-0.1, -0.05) is 178 Å². The van der Waals surface area contributed by atoms with Crippen LogP contribution in [0.2, 0.25) is 0 Å². The smallest absolute Gasteiger partial charge is 0.488 e. The molecule has 8 nitrogen and oxygen atoms in total. The third kappa shape index (κ3) is 22.6. The fraction of sp³-hybridized carbons (Fsp3) is 0.448. The number of hydrogen-bond donors (Lipinski definition) is 4. The van der Waals surface area contributed by atoms with Crippen LogP contribution in [-0.4, -0.2) is 47.5 Å². The minimum atomic E-state index is -1.49. The van der Waals surface area contributed by atoms with Crippen LogP contribution in [0.3, 0.4) is 0 Å². The number of rotatable bonds is 34. The molecule has 0 saturated heterocycles. The number of halogens is 2. The Morgan fingerprint density at radius 1 is 0.414 bits per heavy atom. The van der Waals surface area contributed by atoms with Gasteiger partial charge in [-0.15, -0.1) is 0 Å². The van der Waals surface area contributed by atoms with Crippen LogP contribution >= 0.6 is 0 Å². The SMILES string of the molecule is CCCCCCCCCCCCOc1cc(/C=C/c2cccc[n+]2Cc2ccc(B(O)O)cc2)c(OCCCCCCCCCCCC)cc1/C=C/c1cccc[n+]1Cc1ccc(B(O)O)cc1.[Br-].[Br-]. The highest BCUT2D eigenvalue weighted by molar-refractivity contribution is 6.58. The Balaban J connectivity index is 0.00000648. The van der Waals surface area contributed by atoms with Crippen LogP contribution in [-0.2, 0) is 13.1 Å². The zero-order valence-corrected chi connectivity index (χ0v) is 45.3. The lowest BCUT2D eigenvalue weighted by atomic mass is 9.80. The molecule has 0 amide bonds. The van der Waals surface area contributed by atoms with Gasteiger partial charge in [0.25, 0.3) is 0 Å². The molecule has 378 valence electrons. The average molecular weight is 1080 g/mol. The van der Waals surface area contributed by atoms with Gasteiger partial charge < -0.3 is 63.5 Å². The molecule has 2 heterocycles. The van der Waals surface area contributed by atoms with Gasteiger partial charge in [0.2, 0.25) is 11.4 Å². The molecular weight excluding hydrogens is 1000 g/mol. The molecule has 0 aliphatic heterocycles. The van der Waals surface area contributed by atoms with E-state index in [9.17, 15) is 20.1 Å². The second-order valence-electron chi connectivity index (χ2n) is 18.4. The summed E-state index contributed by atoms with van der Waals surface area (Å²) in [7, 11) is -2.99. The minimum absolute atomic E-state index is 0. The number of nitrogens with zero attached hydrogens (tertiary/aromatic N) is 2. The maximum absolute atomic E-state index is 9.62. The van der Waals surface area contributed by atoms with Crippen LogP contribution in [0.1, 0.15) is 176 Å². The van der Waals surface area contributed by atoms with Crippen molar-refractivity contribution in [2.24, 2.45) is 0 Å². The quantitative estimate of drug-likeness (QED) is 0.0272. The molecule has 5 rings (SSSR count). The van der Waals surface area contributed by atoms with Gasteiger partial charge in [0.15, 0.2) is 25.5 Å². The third-order valence-corrected chi connectivity index (χ3v) is 12.7. The van der Waals surface area contributed by atoms with Crippen molar-refractivity contribution in [3.63, 3.8) is 0 Å². The predicted octanol–water partition coefficient (Wildman–Crippen LogP) is 4.67. The van der Waals surface area contributed by atoms with Crippen molar-refractivity contribution in [3.8, 4) is 11.5 Å². The number of pyridine rings is 2. The molecule has 70 heavy (non-hydrogen) atoms. The molecule has 12 heteroatoms. The standard InChI is InChI=1S/C58H80B2N2O6.2BrH/c1-3-5-7-9-11-13-15-17-19-25-43-67-57-45-52(34-40-56-28-22-24-42-62(56)48-50-31-37-54(38-32-50)60(65)66)58(68-44-26-20-18-16-14-12-10-8-6-4-2)46-51(57)33-39-55-27-21-23-41-61(55)47-49-29-35-53(36-30-49)59(63)64;;/h21-24,27-42,45-46,63-66H,3-20,25-26,43-44,47-48H2,1-2H3;2*1H/q+2;;/p-2/b39-33+,40-34+;;. The first-order valence-corrected chi connectivity index (χ1v) is 26.0. The first-order valence-electron chi connectivity index (χ1n) is 26.0. The summed E-state index contributed by atoms with van der Waals surface area (Å²) in [6.07, 6.45) is 37.9. The van der Waals surface area contributed by atoms with Gasteiger partial charge in [-0.25, -0.2) is 0 Å². The zero-order chi connectivity index (χ0) is 48.0. The second kappa shape index (κ2) is 36.0. The molecule has 5 aromatic rings. The lowest BCUT2D eigenvalue weighted by molar-refractivity contribution is -0.690. The molecule has 0 unspecified atom stereocenters. The highest BCUT2D eigenvalue weighted by Gasteiger charge is 2.16. The second-order valence-corrected chi connectivity index (χ2v) is 18.4. The summed E-state index contributed by atoms with van der Waals surface area (Å²) in [4.78, 5) is 0. The van der Waals surface area contributed by atoms with Crippen LogP contribution in [0.5, 0.6) is 11.5 Å². The van der Waals surface area contributed by atoms with E-state index >= 15 is 0 Å². The highest BCUT2D eigenvalue weighted by Crippen LogP contribution is 2.33. The summed E-state index contributed by atoms with van der Waals surface area (Å²) in [5.41, 5.74) is 7.00. The topological polar surface area (TPSA) is 107 Å². The summed E-state index contributed by atoms with van der Waals surface area (Å²) in [5, 5.41) is 38.5. The summed E-state index contributed by atoms with van der Waals surface area (Å²) >= 11 is 0. The first-order chi connectivity index (χ1) is 33.3. The number of benzene rings is 3. The third-order valence-electron chi connectivity index (χ3n) is 12.7. The summed E-state index contributed by atoms with van der Waals surface area (Å²) < 4.78 is 17.8. The Hall–Kier alpha value is -4.03. The van der Waals surface area contributed by atoms with Crippen molar-refractivity contribution in [3.05, 3.63) is 143 Å². The minimum Gasteiger partial charge on any atom is -1.00 e. The summed E-state index contributed by atoms with van der Waals surface area (Å²) in [6, 6.07) is 31.4. The lowest BCUT2D eigenvalue weighted by Gasteiger charge is -2.15. The molecule has 4 N–H and O–H groups in total. The zero-order valence-electron chi connectivity index (χ0n) is 42.1. The fourth-order valence-electron chi connectivity index (χ4n) is 8.55. The average Bonchev–Trinajstić information content (AvgIpc) is 3.35. The van der Waals surface area contributed by atoms with E-state index in [0.29, 0.717) is 37.2 Å². The lowest BCUT2D eigenvalue weighted by Crippen LogP contribution is -3.00. The Morgan fingerprint density at radius 2 is 0.743 bits per heavy atom. The number of aromatic nitrogens is 2. The van der Waals surface area contributed by atoms with Crippen molar-refractivity contribution in [1.29, 1.82) is 0 Å². The van der Waals surface area contributed by atoms with Gasteiger partial charge in [0.05, 0.1) is 13.2 Å². The summed E-state index contributed by atoms with van der Waals surface area (Å²) in [5.74, 6) is 1.63. The molecule has 3 aromatic carbocycles. The number of ether oxygens (including phenoxy) is 2. The molecule has 0 atom stereocenters. The Morgan fingerprint density at radius 3 is 1.07 bits per heavy atom. The van der Waals surface area contributed by atoms with Crippen molar-refractivity contribution in [2.75, 3.05) is 13.2 Å². The van der Waals surface area contributed by atoms with Crippen molar-refractivity contribution < 1.29 is 72.7 Å². The first kappa shape index (κ1) is 60.3. The maximum atomic E-state index is 9.62. The van der Waals surface area contributed by atoms with E-state index in [1.54, 1.807) is 24.3 Å². The van der Waals surface area contributed by atoms with Crippen LogP contribution in [0.25, 0.3) is 24.3 Å². The molecule has 0 fully saturated rings. The van der Waals surface area contributed by atoms with Crippen LogP contribution < -0.4 is 63.5 Å². The molecule has 2 aromatic heterocycles. The van der Waals surface area contributed by atoms with E-state index in [1.807, 2.05) is 48.5 Å². The van der Waals surface area contributed by atoms with Crippen LogP contribution in [0.4, 0.5) is 0 Å². The van der Waals surface area contributed by atoms with Crippen LogP contribution in [0.15, 0.2) is 109 Å². The van der Waals surface area contributed by atoms with Crippen molar-refractivity contribution >= 4 is 49.5 Å². The number of unbranched alkanes of at least 4 members (excludes halogenated alkanes) is 18. The molecule has 0 spiro atoms. The van der Waals surface area contributed by atoms with E-state index in [0.717, 1.165) is 70.8 Å². The van der Waals surface area contributed by atoms with E-state index < -0.39 is 14.2 Å². The van der Waals surface area contributed by atoms with Gasteiger partial charge in [-0.2, -0.15) is 9.13 Å². The van der Waals surface area contributed by atoms with Gasteiger partial charge in [-0.3, -0.25) is 0 Å². The van der Waals surface area contributed by atoms with Gasteiger partial charge in [0, 0.05) is 58.7 Å². The highest BCUT2D eigenvalue weighted by atomic mass is 79.9. The normalized spacial score (nSPS) is 11.2. The molecule has 0 bridgehead atoms. The summed E-state index contributed by atoms with van der Waals surface area (Å²) in [6.45, 7) is 7.05. The maximum Gasteiger partial charge on any atom is 0.488 e. The Bertz CT molecular complexity index is 2070. The van der Waals surface area contributed by atoms with Gasteiger partial charge in [0.1, 0.15) is 11.5 Å². The van der Waals surface area contributed by atoms with E-state index in [1.165, 1.54) is 103 Å². The van der Waals surface area contributed by atoms with E-state index in [2.05, 4.69) is 83.9 Å². The number of hydrogen-bond acceptors (Lipinski definition) is 6. The van der Waals surface area contributed by atoms with E-state index in [-0.39, 0.29) is 34.0 Å². The predicted molar refractivity (Wildman–Crippen MR) is 283 cm³/mol. The molecule has 0 aliphatic rings. The molecule has 0 radical (unpaired) electrons. The fourth-order valence-corrected chi connectivity index (χ4v) is 8.55. The van der Waals surface area contributed by atoms with Crippen molar-refractivity contribution in [2.45, 2.75) is 155 Å². The molecular formula is C58H80B2Br2N2O6. The largest absolute Gasteiger partial charge is 1.00 e. The van der Waals surface area contributed by atoms with E-state index in [4.69, 9.17) is 9.47 Å².